The lowest BCUT2D eigenvalue weighted by molar-refractivity contribution is 0.0749. The van der Waals surface area contributed by atoms with Crippen LogP contribution in [0.2, 0.25) is 0 Å². The van der Waals surface area contributed by atoms with Crippen LogP contribution in [0.25, 0.3) is 0 Å². The fraction of sp³-hybridized carbons (Fsp3) is 0.231. The van der Waals surface area contributed by atoms with E-state index in [0.29, 0.717) is 12.3 Å². The Hall–Kier alpha value is -1.32. The maximum atomic E-state index is 12.9. The van der Waals surface area contributed by atoms with Gasteiger partial charge in [0.1, 0.15) is 5.82 Å². The summed E-state index contributed by atoms with van der Waals surface area (Å²) in [5.74, 6) is -0.267. The number of hydrogen-bond acceptors (Lipinski definition) is 2. The molecule has 1 aromatic rings. The summed E-state index contributed by atoms with van der Waals surface area (Å²) in [7, 11) is 0. The van der Waals surface area contributed by atoms with E-state index in [9.17, 15) is 4.39 Å². The molecule has 1 aliphatic rings. The van der Waals surface area contributed by atoms with E-state index in [1.54, 1.807) is 18.2 Å². The van der Waals surface area contributed by atoms with E-state index in [-0.39, 0.29) is 17.3 Å². The Kier molecular flexibility index (Phi) is 3.82. The zero-order chi connectivity index (χ0) is 12.3. The van der Waals surface area contributed by atoms with Crippen molar-refractivity contribution < 1.29 is 9.13 Å². The normalized spacial score (nSPS) is 23.5. The van der Waals surface area contributed by atoms with Gasteiger partial charge in [0.2, 0.25) is 0 Å². The largest absolute Gasteiger partial charge is 0.399 e. The van der Waals surface area contributed by atoms with Crippen LogP contribution in [0.5, 0.6) is 0 Å². The predicted octanol–water partition coefficient (Wildman–Crippen LogP) is 2.73. The molecule has 2 rings (SSSR count). The highest BCUT2D eigenvalue weighted by molar-refractivity contribution is 6.22. The quantitative estimate of drug-likeness (QED) is 0.841. The van der Waals surface area contributed by atoms with Gasteiger partial charge in [0, 0.05) is 5.70 Å². The lowest BCUT2D eigenvalue weighted by Crippen LogP contribution is -2.24. The number of allylic oxidation sites excluding steroid dienone is 1. The van der Waals surface area contributed by atoms with Gasteiger partial charge in [-0.15, -0.1) is 11.6 Å². The van der Waals surface area contributed by atoms with Crippen molar-refractivity contribution in [3.63, 3.8) is 0 Å². The highest BCUT2D eigenvalue weighted by atomic mass is 35.5. The second-order valence-corrected chi connectivity index (χ2v) is 4.38. The number of halogens is 2. The summed E-state index contributed by atoms with van der Waals surface area (Å²) in [6.45, 7) is 0.323. The van der Waals surface area contributed by atoms with Crippen LogP contribution in [0, 0.1) is 5.82 Å². The Labute approximate surface area is 105 Å². The first-order valence-electron chi connectivity index (χ1n) is 5.31. The minimum Gasteiger partial charge on any atom is -0.399 e. The molecule has 0 amide bonds. The fourth-order valence-corrected chi connectivity index (χ4v) is 1.92. The van der Waals surface area contributed by atoms with Gasteiger partial charge < -0.3 is 10.5 Å². The second kappa shape index (κ2) is 5.34. The van der Waals surface area contributed by atoms with Gasteiger partial charge >= 0.3 is 0 Å². The number of hydrogen-bond donors (Lipinski definition) is 1. The van der Waals surface area contributed by atoms with E-state index in [2.05, 4.69) is 0 Å². The molecule has 0 bridgehead atoms. The van der Waals surface area contributed by atoms with E-state index in [1.807, 2.05) is 12.1 Å². The monoisotopic (exact) mass is 253 g/mol. The topological polar surface area (TPSA) is 35.2 Å². The molecule has 1 aromatic carbocycles. The SMILES string of the molecule is NC1=CC(Cl)C(OCc2cccc(F)c2)C=C1. The number of ether oxygens (including phenoxy) is 1. The number of alkyl halides is 1. The molecule has 2 N–H and O–H groups in total. The van der Waals surface area contributed by atoms with E-state index >= 15 is 0 Å². The highest BCUT2D eigenvalue weighted by Crippen LogP contribution is 2.18. The number of benzene rings is 1. The van der Waals surface area contributed by atoms with Crippen molar-refractivity contribution in [2.75, 3.05) is 0 Å². The lowest BCUT2D eigenvalue weighted by atomic mass is 10.1. The molecule has 0 heterocycles. The molecule has 0 saturated carbocycles. The van der Waals surface area contributed by atoms with Gasteiger partial charge in [-0.05, 0) is 29.8 Å². The van der Waals surface area contributed by atoms with Crippen LogP contribution in [0.1, 0.15) is 5.56 Å². The summed E-state index contributed by atoms with van der Waals surface area (Å²) in [4.78, 5) is 0. The van der Waals surface area contributed by atoms with Crippen LogP contribution < -0.4 is 5.73 Å². The minimum absolute atomic E-state index is 0.229. The van der Waals surface area contributed by atoms with Crippen molar-refractivity contribution in [1.82, 2.24) is 0 Å². The van der Waals surface area contributed by atoms with Crippen molar-refractivity contribution in [2.45, 2.75) is 18.1 Å². The van der Waals surface area contributed by atoms with Crippen LogP contribution >= 0.6 is 11.6 Å². The number of nitrogens with two attached hydrogens (primary N) is 1. The van der Waals surface area contributed by atoms with Crippen LogP contribution in [0.3, 0.4) is 0 Å². The summed E-state index contributed by atoms with van der Waals surface area (Å²) in [5, 5.41) is -0.284. The summed E-state index contributed by atoms with van der Waals surface area (Å²) < 4.78 is 18.5. The molecule has 0 spiro atoms. The third-order valence-corrected chi connectivity index (χ3v) is 2.85. The van der Waals surface area contributed by atoms with E-state index in [1.165, 1.54) is 12.1 Å². The zero-order valence-electron chi connectivity index (χ0n) is 9.14. The molecule has 0 saturated heterocycles. The smallest absolute Gasteiger partial charge is 0.123 e. The lowest BCUT2D eigenvalue weighted by Gasteiger charge is -2.20. The first-order valence-corrected chi connectivity index (χ1v) is 5.74. The van der Waals surface area contributed by atoms with Gasteiger partial charge in [-0.1, -0.05) is 18.2 Å². The summed E-state index contributed by atoms with van der Waals surface area (Å²) in [6.07, 6.45) is 5.08. The van der Waals surface area contributed by atoms with E-state index in [0.717, 1.165) is 5.56 Å². The van der Waals surface area contributed by atoms with Crippen LogP contribution in [0.4, 0.5) is 4.39 Å². The Bertz CT molecular complexity index is 458. The van der Waals surface area contributed by atoms with Gasteiger partial charge in [0.05, 0.1) is 18.1 Å². The third-order valence-electron chi connectivity index (χ3n) is 2.48. The Morgan fingerprint density at radius 1 is 1.41 bits per heavy atom. The Morgan fingerprint density at radius 3 is 2.94 bits per heavy atom. The van der Waals surface area contributed by atoms with Gasteiger partial charge in [-0.2, -0.15) is 0 Å². The van der Waals surface area contributed by atoms with Gasteiger partial charge in [0.25, 0.3) is 0 Å². The van der Waals surface area contributed by atoms with Crippen molar-refractivity contribution in [1.29, 1.82) is 0 Å². The summed E-state index contributed by atoms with van der Waals surface area (Å²) in [5.41, 5.74) is 7.02. The molecule has 2 unspecified atom stereocenters. The first kappa shape index (κ1) is 12.1. The maximum absolute atomic E-state index is 12.9. The number of rotatable bonds is 3. The highest BCUT2D eigenvalue weighted by Gasteiger charge is 2.18. The van der Waals surface area contributed by atoms with Gasteiger partial charge in [-0.25, -0.2) is 4.39 Å². The molecule has 2 atom stereocenters. The molecule has 0 aromatic heterocycles. The van der Waals surface area contributed by atoms with Crippen molar-refractivity contribution in [3.8, 4) is 0 Å². The molecular formula is C13H13ClFNO. The van der Waals surface area contributed by atoms with Crippen molar-refractivity contribution >= 4 is 11.6 Å². The fourth-order valence-electron chi connectivity index (χ4n) is 1.61. The average Bonchev–Trinajstić information content (AvgIpc) is 2.28. The van der Waals surface area contributed by atoms with Crippen LogP contribution in [-0.2, 0) is 11.3 Å². The van der Waals surface area contributed by atoms with Crippen LogP contribution in [0.15, 0.2) is 48.2 Å². The van der Waals surface area contributed by atoms with Crippen molar-refractivity contribution in [2.24, 2.45) is 5.73 Å². The molecule has 0 fully saturated rings. The summed E-state index contributed by atoms with van der Waals surface area (Å²) >= 11 is 6.07. The van der Waals surface area contributed by atoms with E-state index in [4.69, 9.17) is 22.1 Å². The minimum atomic E-state index is -0.284. The molecule has 2 nitrogen and oxygen atoms in total. The molecule has 90 valence electrons. The van der Waals surface area contributed by atoms with Crippen LogP contribution in [-0.4, -0.2) is 11.5 Å². The zero-order valence-corrected chi connectivity index (χ0v) is 9.90. The molecule has 4 heteroatoms. The van der Waals surface area contributed by atoms with Crippen molar-refractivity contribution in [3.05, 3.63) is 59.6 Å². The van der Waals surface area contributed by atoms with E-state index < -0.39 is 0 Å². The Morgan fingerprint density at radius 2 is 2.24 bits per heavy atom. The maximum Gasteiger partial charge on any atom is 0.123 e. The van der Waals surface area contributed by atoms with Gasteiger partial charge in [0.15, 0.2) is 0 Å². The summed E-state index contributed by atoms with van der Waals surface area (Å²) in [6, 6.07) is 6.31. The second-order valence-electron chi connectivity index (χ2n) is 3.88. The molecular weight excluding hydrogens is 241 g/mol. The van der Waals surface area contributed by atoms with Gasteiger partial charge in [-0.3, -0.25) is 0 Å². The third kappa shape index (κ3) is 3.32. The molecule has 1 aliphatic carbocycles. The standard InChI is InChI=1S/C13H13ClFNO/c14-12-7-11(16)4-5-13(12)17-8-9-2-1-3-10(15)6-9/h1-7,12-13H,8,16H2. The molecule has 17 heavy (non-hydrogen) atoms. The molecule has 0 radical (unpaired) electrons. The predicted molar refractivity (Wildman–Crippen MR) is 66.0 cm³/mol. The first-order chi connectivity index (χ1) is 8.15. The Balaban J connectivity index is 1.93. The average molecular weight is 254 g/mol. The molecule has 0 aliphatic heterocycles.